The third-order valence-electron chi connectivity index (χ3n) is 7.16. The van der Waals surface area contributed by atoms with Crippen molar-refractivity contribution >= 4 is 33.8 Å². The van der Waals surface area contributed by atoms with Gasteiger partial charge in [0, 0.05) is 43.2 Å². The number of hydrogen-bond donors (Lipinski definition) is 1. The molecule has 1 N–H and O–H groups in total. The first-order valence-electron chi connectivity index (χ1n) is 11.9. The van der Waals surface area contributed by atoms with E-state index in [0.29, 0.717) is 22.7 Å². The van der Waals surface area contributed by atoms with Crippen LogP contribution in [0.4, 0.5) is 22.0 Å². The van der Waals surface area contributed by atoms with Crippen LogP contribution < -0.4 is 0 Å². The molecule has 2 aliphatic heterocycles. The molecule has 0 bridgehead atoms. The summed E-state index contributed by atoms with van der Waals surface area (Å²) in [6.45, 7) is -0.277. The normalized spacial score (nSPS) is 18.5. The Kier molecular flexibility index (Phi) is 5.58. The molecule has 2 aromatic heterocycles. The van der Waals surface area contributed by atoms with Crippen molar-refractivity contribution in [3.63, 3.8) is 0 Å². The van der Waals surface area contributed by atoms with Crippen LogP contribution in [0.3, 0.4) is 0 Å². The number of carbonyl (C=O) groups is 2. The minimum Gasteiger partial charge on any atom is -0.337 e. The molecule has 1 atom stereocenters. The molecule has 198 valence electrons. The number of hydrogen-bond acceptors (Lipinski definition) is 5. The number of H-pyrrole nitrogens is 1. The number of alkyl halides is 3. The summed E-state index contributed by atoms with van der Waals surface area (Å²) in [6.07, 6.45) is -4.55. The van der Waals surface area contributed by atoms with E-state index in [1.54, 1.807) is 18.2 Å². The third-order valence-corrected chi connectivity index (χ3v) is 7.16. The molecule has 38 heavy (non-hydrogen) atoms. The van der Waals surface area contributed by atoms with E-state index in [-0.39, 0.29) is 55.0 Å². The highest BCUT2D eigenvalue weighted by molar-refractivity contribution is 5.98. The quantitative estimate of drug-likeness (QED) is 0.406. The summed E-state index contributed by atoms with van der Waals surface area (Å²) in [5.41, 5.74) is 1.78. The van der Waals surface area contributed by atoms with Gasteiger partial charge in [-0.3, -0.25) is 19.4 Å². The molecule has 14 heteroatoms. The minimum absolute atomic E-state index is 0.0193. The number of benzene rings is 2. The average molecular weight is 533 g/mol. The Hall–Kier alpha value is -4.10. The zero-order chi connectivity index (χ0) is 26.8. The van der Waals surface area contributed by atoms with Crippen molar-refractivity contribution in [1.82, 2.24) is 35.0 Å². The highest BCUT2D eigenvalue weighted by Crippen LogP contribution is 2.36. The van der Waals surface area contributed by atoms with Crippen LogP contribution in [0.2, 0.25) is 0 Å². The maximum atomic E-state index is 14.9. The van der Waals surface area contributed by atoms with Gasteiger partial charge in [-0.05, 0) is 31.0 Å². The first kappa shape index (κ1) is 24.2. The number of likely N-dealkylation sites (tertiary alicyclic amines) is 2. The van der Waals surface area contributed by atoms with E-state index in [4.69, 9.17) is 0 Å². The van der Waals surface area contributed by atoms with Crippen molar-refractivity contribution in [2.24, 2.45) is 0 Å². The minimum atomic E-state index is -4.57. The number of fused-ring (bicyclic) bond motifs is 2. The summed E-state index contributed by atoms with van der Waals surface area (Å²) in [6, 6.07) is 4.70. The Labute approximate surface area is 211 Å². The maximum absolute atomic E-state index is 14.9. The van der Waals surface area contributed by atoms with Crippen molar-refractivity contribution in [3.8, 4) is 0 Å². The first-order chi connectivity index (χ1) is 18.1. The van der Waals surface area contributed by atoms with Crippen molar-refractivity contribution < 1.29 is 31.5 Å². The van der Waals surface area contributed by atoms with Crippen molar-refractivity contribution in [2.45, 2.75) is 37.5 Å². The van der Waals surface area contributed by atoms with Crippen LogP contribution in [0.1, 0.15) is 34.8 Å². The van der Waals surface area contributed by atoms with Gasteiger partial charge in [0.2, 0.25) is 5.91 Å². The van der Waals surface area contributed by atoms with Gasteiger partial charge in [-0.1, -0.05) is 5.21 Å². The molecule has 2 aromatic carbocycles. The van der Waals surface area contributed by atoms with Gasteiger partial charge in [0.25, 0.3) is 5.91 Å². The number of halogens is 5. The maximum Gasteiger partial charge on any atom is 0.408 e. The predicted molar refractivity (Wildman–Crippen MR) is 123 cm³/mol. The van der Waals surface area contributed by atoms with E-state index >= 15 is 0 Å². The number of rotatable bonds is 4. The van der Waals surface area contributed by atoms with Gasteiger partial charge in [-0.2, -0.15) is 18.3 Å². The lowest BCUT2D eigenvalue weighted by Crippen LogP contribution is -2.48. The van der Waals surface area contributed by atoms with E-state index in [0.717, 1.165) is 15.6 Å². The Bertz CT molecular complexity index is 1570. The van der Waals surface area contributed by atoms with E-state index in [2.05, 4.69) is 20.5 Å². The standard InChI is InChI=1S/C24H20F5N7O2/c25-14-7-15(26)21-18(8-14)36(11-20(37)35-5-1-2-19(35)24(27,28)29)32-22(21)13-9-34(10-13)23(38)12-3-4-16-17(6-12)31-33-30-16/h3-4,6-8,13,19H,1-2,5,9-11H2,(H,30,31,33)/t19-/m0/s1. The second kappa shape index (κ2) is 8.74. The van der Waals surface area contributed by atoms with Crippen LogP contribution in [0.15, 0.2) is 30.3 Å². The van der Waals surface area contributed by atoms with Crippen LogP contribution in [-0.4, -0.2) is 78.7 Å². The lowest BCUT2D eigenvalue weighted by molar-refractivity contribution is -0.183. The summed E-state index contributed by atoms with van der Waals surface area (Å²) in [7, 11) is 0. The molecule has 2 fully saturated rings. The van der Waals surface area contributed by atoms with Gasteiger partial charge < -0.3 is 9.80 Å². The number of nitrogens with zero attached hydrogens (tertiary/aromatic N) is 6. The first-order valence-corrected chi connectivity index (χ1v) is 11.9. The average Bonchev–Trinajstić information content (AvgIpc) is 3.56. The molecule has 0 saturated carbocycles. The Morgan fingerprint density at radius 3 is 2.66 bits per heavy atom. The largest absolute Gasteiger partial charge is 0.408 e. The van der Waals surface area contributed by atoms with Crippen LogP contribution in [-0.2, 0) is 11.3 Å². The number of carbonyl (C=O) groups excluding carboxylic acids is 2. The van der Waals surface area contributed by atoms with Crippen LogP contribution >= 0.6 is 0 Å². The van der Waals surface area contributed by atoms with Crippen molar-refractivity contribution in [2.75, 3.05) is 19.6 Å². The summed E-state index contributed by atoms with van der Waals surface area (Å²) in [4.78, 5) is 28.0. The summed E-state index contributed by atoms with van der Waals surface area (Å²) in [5, 5.41) is 14.6. The molecule has 2 aliphatic rings. The van der Waals surface area contributed by atoms with Gasteiger partial charge in [0.05, 0.1) is 22.1 Å². The summed E-state index contributed by atoms with van der Waals surface area (Å²) in [5.74, 6) is -3.33. The highest BCUT2D eigenvalue weighted by atomic mass is 19.4. The molecule has 0 radical (unpaired) electrons. The molecule has 9 nitrogen and oxygen atoms in total. The number of aromatic nitrogens is 5. The Morgan fingerprint density at radius 2 is 1.89 bits per heavy atom. The fourth-order valence-electron chi connectivity index (χ4n) is 5.26. The number of nitrogens with one attached hydrogen (secondary N) is 1. The van der Waals surface area contributed by atoms with E-state index in [1.165, 1.54) is 4.90 Å². The van der Waals surface area contributed by atoms with E-state index in [1.807, 2.05) is 0 Å². The predicted octanol–water partition coefficient (Wildman–Crippen LogP) is 3.38. The topological polar surface area (TPSA) is 100 Å². The molecule has 0 unspecified atom stereocenters. The second-order valence-corrected chi connectivity index (χ2v) is 9.56. The van der Waals surface area contributed by atoms with Gasteiger partial charge in [-0.15, -0.1) is 5.10 Å². The van der Waals surface area contributed by atoms with Crippen LogP contribution in [0, 0.1) is 11.6 Å². The van der Waals surface area contributed by atoms with Crippen molar-refractivity contribution in [1.29, 1.82) is 0 Å². The number of amides is 2. The smallest absolute Gasteiger partial charge is 0.337 e. The molecular weight excluding hydrogens is 513 g/mol. The van der Waals surface area contributed by atoms with Gasteiger partial charge in [0.15, 0.2) is 0 Å². The highest BCUT2D eigenvalue weighted by Gasteiger charge is 2.47. The zero-order valence-corrected chi connectivity index (χ0v) is 19.7. The van der Waals surface area contributed by atoms with E-state index in [9.17, 15) is 31.5 Å². The van der Waals surface area contributed by atoms with Gasteiger partial charge in [0.1, 0.15) is 29.7 Å². The molecule has 2 saturated heterocycles. The van der Waals surface area contributed by atoms with E-state index < -0.39 is 42.2 Å². The zero-order valence-electron chi connectivity index (χ0n) is 19.7. The second-order valence-electron chi connectivity index (χ2n) is 9.56. The van der Waals surface area contributed by atoms with Crippen LogP contribution in [0.5, 0.6) is 0 Å². The third kappa shape index (κ3) is 4.03. The van der Waals surface area contributed by atoms with Gasteiger partial charge in [-0.25, -0.2) is 8.78 Å². The summed E-state index contributed by atoms with van der Waals surface area (Å²) < 4.78 is 70.1. The molecular formula is C24H20F5N7O2. The molecule has 0 aliphatic carbocycles. The monoisotopic (exact) mass is 533 g/mol. The lowest BCUT2D eigenvalue weighted by Gasteiger charge is -2.38. The molecule has 4 aromatic rings. The van der Waals surface area contributed by atoms with Crippen molar-refractivity contribution in [3.05, 3.63) is 53.2 Å². The lowest BCUT2D eigenvalue weighted by atomic mass is 9.93. The fourth-order valence-corrected chi connectivity index (χ4v) is 5.26. The molecule has 6 rings (SSSR count). The molecule has 0 spiro atoms. The summed E-state index contributed by atoms with van der Waals surface area (Å²) >= 11 is 0. The van der Waals surface area contributed by atoms with Crippen LogP contribution in [0.25, 0.3) is 21.9 Å². The molecule has 2 amide bonds. The fraction of sp³-hybridized carbons (Fsp3) is 0.375. The Balaban J connectivity index is 1.25. The SMILES string of the molecule is O=C(c1ccc2[nH]nnc2c1)N1CC(c2nn(CC(=O)N3CCC[C@H]3C(F)(F)F)c3cc(F)cc(F)c23)C1. The Morgan fingerprint density at radius 1 is 1.11 bits per heavy atom. The van der Waals surface area contributed by atoms with Gasteiger partial charge >= 0.3 is 6.18 Å². The number of aromatic amines is 1. The molecule has 4 heterocycles.